The van der Waals surface area contributed by atoms with E-state index in [0.717, 1.165) is 49.8 Å². The van der Waals surface area contributed by atoms with Crippen LogP contribution in [0.3, 0.4) is 0 Å². The summed E-state index contributed by atoms with van der Waals surface area (Å²) in [5.41, 5.74) is 14.4. The summed E-state index contributed by atoms with van der Waals surface area (Å²) in [5.74, 6) is 0.758. The minimum atomic E-state index is -0.270. The van der Waals surface area contributed by atoms with E-state index in [1.807, 2.05) is 17.6 Å². The molecule has 0 amide bonds. The summed E-state index contributed by atoms with van der Waals surface area (Å²) < 4.78 is 11.9. The van der Waals surface area contributed by atoms with E-state index in [2.05, 4.69) is 236 Å². The number of para-hydroxylation sites is 1. The fraction of sp³-hybridized carbons (Fsp3) is 0.0448. The van der Waals surface area contributed by atoms with Crippen LogP contribution in [-0.4, -0.2) is 16.6 Å². The summed E-state index contributed by atoms with van der Waals surface area (Å²) in [6, 6.07) is 81.1. The summed E-state index contributed by atoms with van der Waals surface area (Å²) in [6.07, 6.45) is 2.03. The van der Waals surface area contributed by atoms with Gasteiger partial charge in [0.15, 0.2) is 5.84 Å². The van der Waals surface area contributed by atoms with Gasteiger partial charge in [-0.15, -0.1) is 11.3 Å². The Morgan fingerprint density at radius 1 is 0.528 bits per heavy atom. The van der Waals surface area contributed by atoms with Crippen molar-refractivity contribution < 1.29 is 4.42 Å². The predicted molar refractivity (Wildman–Crippen MR) is 304 cm³/mol. The van der Waals surface area contributed by atoms with Gasteiger partial charge in [-0.05, 0) is 110 Å². The molecule has 1 aliphatic carbocycles. The monoisotopic (exact) mass is 937 g/mol. The van der Waals surface area contributed by atoms with Gasteiger partial charge < -0.3 is 8.98 Å². The van der Waals surface area contributed by atoms with E-state index in [0.29, 0.717) is 5.84 Å². The van der Waals surface area contributed by atoms with Crippen LogP contribution in [0.4, 0.5) is 0 Å². The molecule has 5 heteroatoms. The van der Waals surface area contributed by atoms with Crippen molar-refractivity contribution in [3.8, 4) is 16.8 Å². The van der Waals surface area contributed by atoms with Gasteiger partial charge in [-0.1, -0.05) is 176 Å². The Kier molecular flexibility index (Phi) is 9.14. The van der Waals surface area contributed by atoms with E-state index in [1.54, 1.807) is 0 Å². The molecule has 15 rings (SSSR count). The number of nitrogens with zero attached hydrogens (tertiary/aromatic N) is 3. The van der Waals surface area contributed by atoms with E-state index >= 15 is 0 Å². The van der Waals surface area contributed by atoms with Gasteiger partial charge in [-0.2, -0.15) is 0 Å². The summed E-state index contributed by atoms with van der Waals surface area (Å²) in [5, 5.41) is 11.8. The van der Waals surface area contributed by atoms with Crippen LogP contribution in [0.25, 0.3) is 102 Å². The Labute approximate surface area is 419 Å². The van der Waals surface area contributed by atoms with Gasteiger partial charge in [0, 0.05) is 59.6 Å². The molecule has 0 radical (unpaired) electrons. The molecule has 0 N–H and O–H groups in total. The average Bonchev–Trinajstić information content (AvgIpc) is 4.19. The lowest BCUT2D eigenvalue weighted by Crippen LogP contribution is -2.06. The molecule has 14 aromatic rings. The third-order valence-electron chi connectivity index (χ3n) is 15.1. The fourth-order valence-corrected chi connectivity index (χ4v) is 13.1. The molecule has 0 saturated heterocycles. The summed E-state index contributed by atoms with van der Waals surface area (Å²) in [6.45, 7) is 2.22. The van der Waals surface area contributed by atoms with Crippen molar-refractivity contribution in [2.45, 2.75) is 18.9 Å². The van der Waals surface area contributed by atoms with Crippen molar-refractivity contribution in [3.05, 3.63) is 258 Å². The lowest BCUT2D eigenvalue weighted by Gasteiger charge is -2.17. The molecule has 0 spiro atoms. The normalized spacial score (nSPS) is 14.3. The molecule has 3 heterocycles. The number of thiophene rings is 1. The highest BCUT2D eigenvalue weighted by Gasteiger charge is 2.32. The first kappa shape index (κ1) is 40.9. The minimum Gasteiger partial charge on any atom is -0.456 e. The Balaban J connectivity index is 1.01. The molecule has 0 aliphatic heterocycles. The molecular weight excluding hydrogens is 895 g/mol. The van der Waals surface area contributed by atoms with Gasteiger partial charge in [0.2, 0.25) is 0 Å². The number of rotatable bonds is 6. The quantitative estimate of drug-likeness (QED) is 0.121. The Hall–Kier alpha value is -8.90. The van der Waals surface area contributed by atoms with Gasteiger partial charge >= 0.3 is 0 Å². The maximum Gasteiger partial charge on any atom is 0.155 e. The zero-order valence-corrected chi connectivity index (χ0v) is 40.1. The molecule has 0 fully saturated rings. The highest BCUT2D eigenvalue weighted by Crippen LogP contribution is 2.51. The first-order valence-electron chi connectivity index (χ1n) is 24.7. The lowest BCUT2D eigenvalue weighted by molar-refractivity contribution is 0.668. The van der Waals surface area contributed by atoms with E-state index in [9.17, 15) is 0 Å². The zero-order chi connectivity index (χ0) is 47.4. The number of hydrogen-bond acceptors (Lipinski definition) is 3. The van der Waals surface area contributed by atoms with Crippen LogP contribution < -0.4 is 0 Å². The molecule has 4 nitrogen and oxygen atoms in total. The molecule has 338 valence electrons. The Bertz CT molecular complexity index is 4610. The largest absolute Gasteiger partial charge is 0.456 e. The number of aliphatic imine (C=N–C) groups is 2. The SMILES string of the molecule is CC(N=C(N=Cc1cccc2sc3ccccc3c12)c1cc(-n2c3cc4ccccc4cc3c3c4ccccc4ccc32)c2c(c1)oc1ccccc12)c1cccc2c1-c1ccccc1[C@H]2c1ccccc1. The second-order valence-electron chi connectivity index (χ2n) is 19.1. The van der Waals surface area contributed by atoms with E-state index in [4.69, 9.17) is 14.4 Å². The molecule has 2 atom stereocenters. The minimum absolute atomic E-state index is 0.130. The smallest absolute Gasteiger partial charge is 0.155 e. The first-order chi connectivity index (χ1) is 35.6. The van der Waals surface area contributed by atoms with Crippen molar-refractivity contribution >= 4 is 109 Å². The van der Waals surface area contributed by atoms with Gasteiger partial charge in [-0.3, -0.25) is 4.99 Å². The number of fused-ring (bicyclic) bond motifs is 15. The van der Waals surface area contributed by atoms with Crippen molar-refractivity contribution in [1.29, 1.82) is 0 Å². The van der Waals surface area contributed by atoms with Crippen molar-refractivity contribution in [1.82, 2.24) is 4.57 Å². The van der Waals surface area contributed by atoms with Crippen molar-refractivity contribution in [3.63, 3.8) is 0 Å². The molecule has 11 aromatic carbocycles. The van der Waals surface area contributed by atoms with Crippen molar-refractivity contribution in [2.75, 3.05) is 0 Å². The molecule has 0 saturated carbocycles. The number of amidine groups is 1. The number of benzene rings is 11. The van der Waals surface area contributed by atoms with Crippen molar-refractivity contribution in [2.24, 2.45) is 9.98 Å². The molecule has 1 aliphatic rings. The second-order valence-corrected chi connectivity index (χ2v) is 20.2. The Morgan fingerprint density at radius 3 is 2.12 bits per heavy atom. The average molecular weight is 938 g/mol. The molecular formula is C67H43N3OS. The summed E-state index contributed by atoms with van der Waals surface area (Å²) in [7, 11) is 0. The molecule has 0 bridgehead atoms. The third-order valence-corrected chi connectivity index (χ3v) is 16.3. The number of furan rings is 1. The van der Waals surface area contributed by atoms with Gasteiger partial charge in [0.1, 0.15) is 11.2 Å². The van der Waals surface area contributed by atoms with Crippen LogP contribution >= 0.6 is 11.3 Å². The maximum atomic E-state index is 6.93. The second kappa shape index (κ2) is 16.1. The summed E-state index contributed by atoms with van der Waals surface area (Å²) >= 11 is 1.82. The standard InChI is InChI=1S/C67H43N3OS/c1-40(47-28-16-29-53-62(42-18-3-2-4-19-42)49-24-9-10-25-50(49)64(47)53)69-67(68-39-45-22-15-32-61-63(45)52-27-12-14-31-60(52)72-61)46-37-57(66-51-26-11-13-30-58(51)71-59(66)38-46)70-55-34-33-41-17-7-8-23-48(41)65(55)54-35-43-20-5-6-21-44(43)36-56(54)70/h2-40,62H,1H3/t40?,62-/m1/s1. The lowest BCUT2D eigenvalue weighted by atomic mass is 9.88. The molecule has 1 unspecified atom stereocenters. The molecule has 72 heavy (non-hydrogen) atoms. The van der Waals surface area contributed by atoms with Crippen LogP contribution in [0.2, 0.25) is 0 Å². The van der Waals surface area contributed by atoms with Gasteiger partial charge in [0.05, 0.1) is 28.1 Å². The van der Waals surface area contributed by atoms with Crippen LogP contribution in [0.5, 0.6) is 0 Å². The Morgan fingerprint density at radius 2 is 1.24 bits per heavy atom. The van der Waals surface area contributed by atoms with Crippen LogP contribution in [0, 0.1) is 0 Å². The predicted octanol–water partition coefficient (Wildman–Crippen LogP) is 18.1. The van der Waals surface area contributed by atoms with E-state index in [-0.39, 0.29) is 12.0 Å². The van der Waals surface area contributed by atoms with Gasteiger partial charge in [0.25, 0.3) is 0 Å². The fourth-order valence-electron chi connectivity index (χ4n) is 12.0. The number of aromatic nitrogens is 1. The first-order valence-corrected chi connectivity index (χ1v) is 25.5. The summed E-state index contributed by atoms with van der Waals surface area (Å²) in [4.78, 5) is 11.3. The topological polar surface area (TPSA) is 42.8 Å². The highest BCUT2D eigenvalue weighted by molar-refractivity contribution is 7.25. The van der Waals surface area contributed by atoms with Gasteiger partial charge in [-0.25, -0.2) is 4.99 Å². The maximum absolute atomic E-state index is 6.93. The molecule has 3 aromatic heterocycles. The third kappa shape index (κ3) is 6.24. The van der Waals surface area contributed by atoms with E-state index in [1.165, 1.54) is 85.9 Å². The zero-order valence-electron chi connectivity index (χ0n) is 39.3. The van der Waals surface area contributed by atoms with Crippen LogP contribution in [0.1, 0.15) is 52.3 Å². The highest BCUT2D eigenvalue weighted by atomic mass is 32.1. The van der Waals surface area contributed by atoms with E-state index < -0.39 is 0 Å². The number of hydrogen-bond donors (Lipinski definition) is 0. The van der Waals surface area contributed by atoms with Crippen LogP contribution in [0.15, 0.2) is 239 Å². The van der Waals surface area contributed by atoms with Crippen LogP contribution in [-0.2, 0) is 0 Å².